The predicted molar refractivity (Wildman–Crippen MR) is 76.5 cm³/mol. The SMILES string of the molecule is CCc1cc(-c2cnc(CCNCCOC)o2)n(C)n1. The molecular weight excluding hydrogens is 256 g/mol. The van der Waals surface area contributed by atoms with Gasteiger partial charge in [-0.1, -0.05) is 6.92 Å². The van der Waals surface area contributed by atoms with E-state index in [1.54, 1.807) is 13.3 Å². The van der Waals surface area contributed by atoms with Crippen LogP contribution in [0.1, 0.15) is 18.5 Å². The van der Waals surface area contributed by atoms with Gasteiger partial charge in [0.25, 0.3) is 0 Å². The standard InChI is InChI=1S/C14H22N4O2/c1-4-11-9-12(18(2)17-11)13-10-16-14(20-13)5-6-15-7-8-19-3/h9-10,15H,4-8H2,1-3H3. The summed E-state index contributed by atoms with van der Waals surface area (Å²) >= 11 is 0. The van der Waals surface area contributed by atoms with E-state index >= 15 is 0 Å². The number of oxazole rings is 1. The molecule has 0 unspecified atom stereocenters. The van der Waals surface area contributed by atoms with E-state index in [0.29, 0.717) is 6.61 Å². The molecule has 0 saturated heterocycles. The van der Waals surface area contributed by atoms with Crippen molar-refractivity contribution >= 4 is 0 Å². The van der Waals surface area contributed by atoms with Crippen molar-refractivity contribution in [3.8, 4) is 11.5 Å². The molecular formula is C14H22N4O2. The highest BCUT2D eigenvalue weighted by Crippen LogP contribution is 2.21. The van der Waals surface area contributed by atoms with Crippen molar-refractivity contribution < 1.29 is 9.15 Å². The number of ether oxygens (including phenoxy) is 1. The van der Waals surface area contributed by atoms with E-state index in [0.717, 1.165) is 49.0 Å². The second-order valence-corrected chi connectivity index (χ2v) is 4.61. The molecule has 0 spiro atoms. The molecule has 110 valence electrons. The van der Waals surface area contributed by atoms with E-state index in [2.05, 4.69) is 22.3 Å². The molecule has 6 heteroatoms. The maximum absolute atomic E-state index is 5.77. The van der Waals surface area contributed by atoms with Gasteiger partial charge in [0.05, 0.1) is 18.5 Å². The smallest absolute Gasteiger partial charge is 0.196 e. The molecule has 0 aliphatic rings. The van der Waals surface area contributed by atoms with Crippen molar-refractivity contribution in [1.29, 1.82) is 0 Å². The lowest BCUT2D eigenvalue weighted by Gasteiger charge is -2.01. The zero-order valence-corrected chi connectivity index (χ0v) is 12.3. The van der Waals surface area contributed by atoms with Gasteiger partial charge in [0.2, 0.25) is 0 Å². The maximum Gasteiger partial charge on any atom is 0.196 e. The molecule has 0 aliphatic carbocycles. The summed E-state index contributed by atoms with van der Waals surface area (Å²) in [6.07, 6.45) is 3.45. The molecule has 0 saturated carbocycles. The molecule has 2 heterocycles. The number of hydrogen-bond acceptors (Lipinski definition) is 5. The lowest BCUT2D eigenvalue weighted by Crippen LogP contribution is -2.21. The second kappa shape index (κ2) is 7.21. The summed E-state index contributed by atoms with van der Waals surface area (Å²) < 4.78 is 12.6. The van der Waals surface area contributed by atoms with Gasteiger partial charge in [-0.2, -0.15) is 5.10 Å². The maximum atomic E-state index is 5.77. The van der Waals surface area contributed by atoms with E-state index in [1.165, 1.54) is 0 Å². The van der Waals surface area contributed by atoms with Crippen LogP contribution in [0.4, 0.5) is 0 Å². The Labute approximate surface area is 119 Å². The minimum absolute atomic E-state index is 0.714. The number of nitrogens with zero attached hydrogens (tertiary/aromatic N) is 3. The van der Waals surface area contributed by atoms with Crippen molar-refractivity contribution in [3.63, 3.8) is 0 Å². The molecule has 2 rings (SSSR count). The topological polar surface area (TPSA) is 65.1 Å². The predicted octanol–water partition coefficient (Wildman–Crippen LogP) is 1.42. The number of rotatable bonds is 8. The van der Waals surface area contributed by atoms with Gasteiger partial charge >= 0.3 is 0 Å². The second-order valence-electron chi connectivity index (χ2n) is 4.61. The highest BCUT2D eigenvalue weighted by Gasteiger charge is 2.11. The fraction of sp³-hybridized carbons (Fsp3) is 0.571. The van der Waals surface area contributed by atoms with Crippen LogP contribution in [0.15, 0.2) is 16.7 Å². The Bertz CT molecular complexity index is 533. The van der Waals surface area contributed by atoms with Gasteiger partial charge in [0, 0.05) is 33.7 Å². The third kappa shape index (κ3) is 3.68. The normalized spacial score (nSPS) is 11.2. The third-order valence-corrected chi connectivity index (χ3v) is 3.10. The van der Waals surface area contributed by atoms with Crippen LogP contribution >= 0.6 is 0 Å². The van der Waals surface area contributed by atoms with Gasteiger partial charge in [-0.15, -0.1) is 0 Å². The number of methoxy groups -OCH3 is 1. The number of hydrogen-bond donors (Lipinski definition) is 1. The molecule has 0 aliphatic heterocycles. The Kier molecular flexibility index (Phi) is 5.31. The highest BCUT2D eigenvalue weighted by molar-refractivity contribution is 5.51. The van der Waals surface area contributed by atoms with Crippen LogP contribution in [0.3, 0.4) is 0 Å². The summed E-state index contributed by atoms with van der Waals surface area (Å²) in [7, 11) is 3.61. The Hall–Kier alpha value is -1.66. The monoisotopic (exact) mass is 278 g/mol. The molecule has 0 radical (unpaired) electrons. The minimum Gasteiger partial charge on any atom is -0.439 e. The average Bonchev–Trinajstić information content (AvgIpc) is 3.05. The van der Waals surface area contributed by atoms with E-state index in [4.69, 9.17) is 9.15 Å². The highest BCUT2D eigenvalue weighted by atomic mass is 16.5. The number of nitrogens with one attached hydrogen (secondary N) is 1. The first kappa shape index (κ1) is 14.7. The van der Waals surface area contributed by atoms with Gasteiger partial charge < -0.3 is 14.5 Å². The third-order valence-electron chi connectivity index (χ3n) is 3.10. The first-order valence-corrected chi connectivity index (χ1v) is 6.92. The van der Waals surface area contributed by atoms with Crippen molar-refractivity contribution in [3.05, 3.63) is 23.8 Å². The Morgan fingerprint density at radius 2 is 2.25 bits per heavy atom. The first-order chi connectivity index (χ1) is 9.74. The summed E-state index contributed by atoms with van der Waals surface area (Å²) in [5.74, 6) is 1.51. The molecule has 0 fully saturated rings. The lowest BCUT2D eigenvalue weighted by molar-refractivity contribution is 0.199. The van der Waals surface area contributed by atoms with Crippen LogP contribution in [0.5, 0.6) is 0 Å². The Morgan fingerprint density at radius 3 is 2.95 bits per heavy atom. The van der Waals surface area contributed by atoms with Gasteiger partial charge in [0.1, 0.15) is 5.69 Å². The molecule has 20 heavy (non-hydrogen) atoms. The quantitative estimate of drug-likeness (QED) is 0.740. The van der Waals surface area contributed by atoms with Gasteiger partial charge in [-0.3, -0.25) is 4.68 Å². The summed E-state index contributed by atoms with van der Waals surface area (Å²) in [4.78, 5) is 4.31. The van der Waals surface area contributed by atoms with Crippen molar-refractivity contribution in [2.75, 3.05) is 26.8 Å². The molecule has 2 aromatic rings. The van der Waals surface area contributed by atoms with Crippen molar-refractivity contribution in [1.82, 2.24) is 20.1 Å². The molecule has 0 bridgehead atoms. The van der Waals surface area contributed by atoms with E-state index in [-0.39, 0.29) is 0 Å². The first-order valence-electron chi connectivity index (χ1n) is 6.92. The van der Waals surface area contributed by atoms with Gasteiger partial charge in [-0.05, 0) is 12.5 Å². The summed E-state index contributed by atoms with van der Waals surface area (Å²) in [5, 5.41) is 7.68. The van der Waals surface area contributed by atoms with Gasteiger partial charge in [-0.25, -0.2) is 4.98 Å². The van der Waals surface area contributed by atoms with Gasteiger partial charge in [0.15, 0.2) is 11.7 Å². The van der Waals surface area contributed by atoms with Crippen molar-refractivity contribution in [2.45, 2.75) is 19.8 Å². The molecule has 0 aromatic carbocycles. The lowest BCUT2D eigenvalue weighted by atomic mass is 10.3. The largest absolute Gasteiger partial charge is 0.439 e. The van der Waals surface area contributed by atoms with E-state index in [9.17, 15) is 0 Å². The molecule has 0 atom stereocenters. The molecule has 0 amide bonds. The van der Waals surface area contributed by atoms with E-state index in [1.807, 2.05) is 17.8 Å². The van der Waals surface area contributed by atoms with Crippen molar-refractivity contribution in [2.24, 2.45) is 7.05 Å². The molecule has 1 N–H and O–H groups in total. The number of aromatic nitrogens is 3. The Morgan fingerprint density at radius 1 is 1.40 bits per heavy atom. The summed E-state index contributed by atoms with van der Waals surface area (Å²) in [6.45, 7) is 4.47. The van der Waals surface area contributed by atoms with Crippen LogP contribution in [0.25, 0.3) is 11.5 Å². The zero-order chi connectivity index (χ0) is 14.4. The van der Waals surface area contributed by atoms with Crippen LogP contribution in [0, 0.1) is 0 Å². The fourth-order valence-electron chi connectivity index (χ4n) is 1.97. The van der Waals surface area contributed by atoms with E-state index < -0.39 is 0 Å². The van der Waals surface area contributed by atoms with Crippen LogP contribution in [0.2, 0.25) is 0 Å². The number of aryl methyl sites for hydroxylation is 2. The van der Waals surface area contributed by atoms with Crippen LogP contribution < -0.4 is 5.32 Å². The van der Waals surface area contributed by atoms with Crippen LogP contribution in [-0.4, -0.2) is 41.6 Å². The fourth-order valence-corrected chi connectivity index (χ4v) is 1.97. The molecule has 2 aromatic heterocycles. The Balaban J connectivity index is 1.92. The van der Waals surface area contributed by atoms with Crippen LogP contribution in [-0.2, 0) is 24.6 Å². The molecule has 6 nitrogen and oxygen atoms in total. The summed E-state index contributed by atoms with van der Waals surface area (Å²) in [6, 6.07) is 2.04. The zero-order valence-electron chi connectivity index (χ0n) is 12.3. The average molecular weight is 278 g/mol. The minimum atomic E-state index is 0.714. The summed E-state index contributed by atoms with van der Waals surface area (Å²) in [5.41, 5.74) is 2.02.